The van der Waals surface area contributed by atoms with Gasteiger partial charge in [-0.15, -0.1) is 0 Å². The molecule has 1 aromatic carbocycles. The van der Waals surface area contributed by atoms with Gasteiger partial charge in [-0.3, -0.25) is 0 Å². The first-order valence-electron chi connectivity index (χ1n) is 5.31. The second-order valence-electron chi connectivity index (χ2n) is 3.73. The zero-order valence-corrected chi connectivity index (χ0v) is 10.9. The number of halogens is 3. The smallest absolute Gasteiger partial charge is 0.409 e. The quantitative estimate of drug-likeness (QED) is 0.328. The zero-order chi connectivity index (χ0) is 15.4. The lowest BCUT2D eigenvalue weighted by molar-refractivity contribution is -0.139. The van der Waals surface area contributed by atoms with Gasteiger partial charge in [-0.05, 0) is 12.1 Å². The Balaban J connectivity index is 2.99. The molecule has 0 saturated heterocycles. The van der Waals surface area contributed by atoms with Crippen LogP contribution in [-0.2, 0) is 16.2 Å². The molecule has 0 saturated carbocycles. The summed E-state index contributed by atoms with van der Waals surface area (Å²) in [5.41, 5.74) is 3.87. The van der Waals surface area contributed by atoms with Crippen molar-refractivity contribution < 1.29 is 26.8 Å². The fourth-order valence-electron chi connectivity index (χ4n) is 1.38. The minimum atomic E-state index is -4.78. The van der Waals surface area contributed by atoms with Crippen molar-refractivity contribution in [2.45, 2.75) is 17.5 Å². The van der Waals surface area contributed by atoms with Gasteiger partial charge in [0.05, 0.1) is 10.5 Å². The van der Waals surface area contributed by atoms with E-state index >= 15 is 0 Å². The van der Waals surface area contributed by atoms with Crippen molar-refractivity contribution in [3.63, 3.8) is 0 Å². The molecule has 0 amide bonds. The zero-order valence-electron chi connectivity index (χ0n) is 10.1. The van der Waals surface area contributed by atoms with Crippen LogP contribution < -0.4 is 10.5 Å². The van der Waals surface area contributed by atoms with E-state index in [1.165, 1.54) is 6.07 Å². The van der Waals surface area contributed by atoms with Crippen molar-refractivity contribution >= 4 is 15.9 Å². The third-order valence-corrected chi connectivity index (χ3v) is 3.80. The SMILES string of the molecule is NC(CCNS(=O)(=O)c1ccccc1C(F)(F)F)=NO. The van der Waals surface area contributed by atoms with Crippen molar-refractivity contribution in [3.8, 4) is 0 Å². The molecule has 0 radical (unpaired) electrons. The number of rotatable bonds is 5. The fraction of sp³-hybridized carbons (Fsp3) is 0.300. The van der Waals surface area contributed by atoms with Crippen LogP contribution in [-0.4, -0.2) is 26.0 Å². The summed E-state index contributed by atoms with van der Waals surface area (Å²) >= 11 is 0. The van der Waals surface area contributed by atoms with Crippen molar-refractivity contribution in [3.05, 3.63) is 29.8 Å². The summed E-state index contributed by atoms with van der Waals surface area (Å²) in [4.78, 5) is -0.869. The summed E-state index contributed by atoms with van der Waals surface area (Å²) < 4.78 is 63.7. The van der Waals surface area contributed by atoms with E-state index in [0.717, 1.165) is 12.1 Å². The summed E-state index contributed by atoms with van der Waals surface area (Å²) in [5, 5.41) is 10.9. The Hall–Kier alpha value is -1.81. The number of sulfonamides is 1. The van der Waals surface area contributed by atoms with Gasteiger partial charge in [0.2, 0.25) is 10.0 Å². The lowest BCUT2D eigenvalue weighted by Crippen LogP contribution is -2.29. The van der Waals surface area contributed by atoms with E-state index in [1.807, 2.05) is 4.72 Å². The van der Waals surface area contributed by atoms with E-state index in [0.29, 0.717) is 6.07 Å². The van der Waals surface area contributed by atoms with E-state index in [9.17, 15) is 21.6 Å². The minimum absolute atomic E-state index is 0.135. The standard InChI is InChI=1S/C10H12F3N3O3S/c11-10(12,13)7-3-1-2-4-8(7)20(18,19)15-6-5-9(14)16-17/h1-4,15,17H,5-6H2,(H2,14,16). The highest BCUT2D eigenvalue weighted by atomic mass is 32.2. The summed E-state index contributed by atoms with van der Waals surface area (Å²) in [7, 11) is -4.34. The fourth-order valence-corrected chi connectivity index (χ4v) is 2.63. The van der Waals surface area contributed by atoms with E-state index in [1.54, 1.807) is 0 Å². The Morgan fingerprint density at radius 1 is 1.35 bits per heavy atom. The molecule has 1 rings (SSSR count). The Morgan fingerprint density at radius 2 is 1.95 bits per heavy atom. The van der Waals surface area contributed by atoms with Crippen molar-refractivity contribution in [2.24, 2.45) is 10.9 Å². The number of oxime groups is 1. The topological polar surface area (TPSA) is 105 Å². The highest BCUT2D eigenvalue weighted by molar-refractivity contribution is 7.89. The highest BCUT2D eigenvalue weighted by Crippen LogP contribution is 2.33. The van der Waals surface area contributed by atoms with Crippen LogP contribution in [0.25, 0.3) is 0 Å². The molecule has 0 aromatic heterocycles. The van der Waals surface area contributed by atoms with Gasteiger partial charge < -0.3 is 10.9 Å². The molecule has 0 heterocycles. The molecule has 0 spiro atoms. The summed E-state index contributed by atoms with van der Waals surface area (Å²) in [6.45, 7) is -0.287. The molecule has 0 aliphatic heterocycles. The first-order valence-corrected chi connectivity index (χ1v) is 6.79. The predicted octanol–water partition coefficient (Wildman–Crippen LogP) is 1.12. The Kier molecular flexibility index (Phi) is 4.95. The molecule has 0 unspecified atom stereocenters. The molecule has 0 atom stereocenters. The van der Waals surface area contributed by atoms with Crippen LogP contribution in [0.2, 0.25) is 0 Å². The van der Waals surface area contributed by atoms with Crippen LogP contribution in [0.1, 0.15) is 12.0 Å². The number of nitrogens with two attached hydrogens (primary N) is 1. The van der Waals surface area contributed by atoms with Gasteiger partial charge in [0, 0.05) is 13.0 Å². The normalized spacial score (nSPS) is 13.4. The molecular weight excluding hydrogens is 299 g/mol. The third-order valence-electron chi connectivity index (χ3n) is 2.28. The molecule has 0 bridgehead atoms. The van der Waals surface area contributed by atoms with Gasteiger partial charge in [-0.1, -0.05) is 17.3 Å². The van der Waals surface area contributed by atoms with Gasteiger partial charge >= 0.3 is 6.18 Å². The maximum absolute atomic E-state index is 12.7. The van der Waals surface area contributed by atoms with E-state index < -0.39 is 26.7 Å². The molecule has 0 fully saturated rings. The maximum atomic E-state index is 12.7. The van der Waals surface area contributed by atoms with E-state index in [4.69, 9.17) is 10.9 Å². The second kappa shape index (κ2) is 6.09. The van der Waals surface area contributed by atoms with Crippen LogP contribution in [0.5, 0.6) is 0 Å². The number of hydrogen-bond donors (Lipinski definition) is 3. The monoisotopic (exact) mass is 311 g/mol. The average molecular weight is 311 g/mol. The summed E-state index contributed by atoms with van der Waals surface area (Å²) in [6.07, 6.45) is -4.92. The lowest BCUT2D eigenvalue weighted by Gasteiger charge is -2.13. The predicted molar refractivity (Wildman–Crippen MR) is 64.7 cm³/mol. The van der Waals surface area contributed by atoms with Crippen LogP contribution in [0, 0.1) is 0 Å². The Bertz CT molecular complexity index is 599. The molecule has 4 N–H and O–H groups in total. The largest absolute Gasteiger partial charge is 0.417 e. The molecular formula is C10H12F3N3O3S. The van der Waals surface area contributed by atoms with E-state index in [2.05, 4.69) is 5.16 Å². The van der Waals surface area contributed by atoms with Gasteiger partial charge in [-0.2, -0.15) is 13.2 Å². The van der Waals surface area contributed by atoms with Gasteiger partial charge in [0.25, 0.3) is 0 Å². The minimum Gasteiger partial charge on any atom is -0.409 e. The number of alkyl halides is 3. The Morgan fingerprint density at radius 3 is 2.50 bits per heavy atom. The van der Waals surface area contributed by atoms with Gasteiger partial charge in [-0.25, -0.2) is 13.1 Å². The molecule has 20 heavy (non-hydrogen) atoms. The summed E-state index contributed by atoms with van der Waals surface area (Å²) in [5.74, 6) is -0.239. The number of benzene rings is 1. The average Bonchev–Trinajstić information content (AvgIpc) is 2.37. The molecule has 112 valence electrons. The van der Waals surface area contributed by atoms with Crippen molar-refractivity contribution in [1.29, 1.82) is 0 Å². The van der Waals surface area contributed by atoms with Crippen LogP contribution in [0.4, 0.5) is 13.2 Å². The first kappa shape index (κ1) is 16.2. The molecule has 1 aromatic rings. The van der Waals surface area contributed by atoms with Gasteiger partial charge in [0.1, 0.15) is 5.84 Å². The number of hydrogen-bond acceptors (Lipinski definition) is 4. The lowest BCUT2D eigenvalue weighted by atomic mass is 10.2. The maximum Gasteiger partial charge on any atom is 0.417 e. The number of nitrogens with one attached hydrogen (secondary N) is 1. The molecule has 6 nitrogen and oxygen atoms in total. The molecule has 0 aliphatic carbocycles. The van der Waals surface area contributed by atoms with Crippen LogP contribution in [0.15, 0.2) is 34.3 Å². The van der Waals surface area contributed by atoms with E-state index in [-0.39, 0.29) is 18.8 Å². The highest BCUT2D eigenvalue weighted by Gasteiger charge is 2.36. The first-order chi connectivity index (χ1) is 9.18. The summed E-state index contributed by atoms with van der Waals surface area (Å²) in [6, 6.07) is 3.82. The Labute approximate surface area is 113 Å². The molecule has 0 aliphatic rings. The van der Waals surface area contributed by atoms with Crippen LogP contribution >= 0.6 is 0 Å². The van der Waals surface area contributed by atoms with Gasteiger partial charge in [0.15, 0.2) is 0 Å². The number of amidine groups is 1. The van der Waals surface area contributed by atoms with Crippen molar-refractivity contribution in [2.75, 3.05) is 6.54 Å². The van der Waals surface area contributed by atoms with Crippen LogP contribution in [0.3, 0.4) is 0 Å². The van der Waals surface area contributed by atoms with Crippen molar-refractivity contribution in [1.82, 2.24) is 4.72 Å². The molecule has 10 heteroatoms. The second-order valence-corrected chi connectivity index (χ2v) is 5.47. The third kappa shape index (κ3) is 4.10. The number of nitrogens with zero attached hydrogens (tertiary/aromatic N) is 1.